The highest BCUT2D eigenvalue weighted by molar-refractivity contribution is 6.40. The lowest BCUT2D eigenvalue weighted by Gasteiger charge is -2.05. The van der Waals surface area contributed by atoms with E-state index in [1.807, 2.05) is 24.3 Å². The molecule has 0 bridgehead atoms. The minimum absolute atomic E-state index is 1.43. The molecule has 0 aromatic carbocycles. The van der Waals surface area contributed by atoms with Crippen molar-refractivity contribution in [3.8, 4) is 6.19 Å². The highest BCUT2D eigenvalue weighted by atomic mass is 15.0. The van der Waals surface area contributed by atoms with Crippen molar-refractivity contribution in [2.45, 2.75) is 0 Å². The second-order valence-corrected chi connectivity index (χ2v) is 1.38. The summed E-state index contributed by atoms with van der Waals surface area (Å²) in [6.45, 7) is 0. The van der Waals surface area contributed by atoms with E-state index in [0.29, 0.717) is 0 Å². The summed E-state index contributed by atoms with van der Waals surface area (Å²) in [6, 6.07) is 0. The summed E-state index contributed by atoms with van der Waals surface area (Å²) in [6.07, 6.45) is 7.32. The zero-order chi connectivity index (χ0) is 5.82. The fraction of sp³-hybridized carbons (Fsp3) is 0. The maximum atomic E-state index is 8.25. The molecular weight excluding hydrogens is 98.9 g/mol. The molecule has 8 heavy (non-hydrogen) atoms. The zero-order valence-electron chi connectivity index (χ0n) is 4.28. The summed E-state index contributed by atoms with van der Waals surface area (Å²) in [7, 11) is 1.69. The first-order valence-electron chi connectivity index (χ1n) is 2.30. The van der Waals surface area contributed by atoms with Gasteiger partial charge in [-0.05, 0) is 6.08 Å². The molecule has 0 amide bonds. The number of hydrogen-bond donors (Lipinski definition) is 0. The van der Waals surface area contributed by atoms with Gasteiger partial charge in [0.15, 0.2) is 6.19 Å². The molecule has 0 aromatic rings. The van der Waals surface area contributed by atoms with Gasteiger partial charge in [-0.2, -0.15) is 5.26 Å². The number of rotatable bonds is 0. The molecule has 3 heteroatoms. The predicted molar refractivity (Wildman–Crippen MR) is 31.5 cm³/mol. The number of allylic oxidation sites excluding steroid dienone is 2. The second-order valence-electron chi connectivity index (χ2n) is 1.38. The van der Waals surface area contributed by atoms with E-state index in [0.717, 1.165) is 0 Å². The Morgan fingerprint density at radius 2 is 2.38 bits per heavy atom. The Bertz CT molecular complexity index is 166. The number of nitrogens with zero attached hydrogens (tertiary/aromatic N) is 2. The molecule has 1 rings (SSSR count). The molecule has 0 aromatic heterocycles. The van der Waals surface area contributed by atoms with Crippen LogP contribution in [-0.4, -0.2) is 12.2 Å². The Morgan fingerprint density at radius 1 is 1.50 bits per heavy atom. The Morgan fingerprint density at radius 3 is 2.75 bits per heavy atom. The topological polar surface area (TPSA) is 27.0 Å². The van der Waals surface area contributed by atoms with Crippen LogP contribution in [0.5, 0.6) is 0 Å². The Balaban J connectivity index is 2.55. The maximum Gasteiger partial charge on any atom is 0.295 e. The molecule has 0 atom stereocenters. The summed E-state index contributed by atoms with van der Waals surface area (Å²) in [4.78, 5) is 1.43. The van der Waals surface area contributed by atoms with Crippen LogP contribution in [0.15, 0.2) is 24.3 Å². The lowest BCUT2D eigenvalue weighted by molar-refractivity contribution is 0.833. The third-order valence-electron chi connectivity index (χ3n) is 0.831. The van der Waals surface area contributed by atoms with Crippen molar-refractivity contribution >= 4 is 7.41 Å². The molecule has 1 aliphatic rings. The van der Waals surface area contributed by atoms with E-state index in [1.54, 1.807) is 13.6 Å². The molecule has 0 saturated heterocycles. The zero-order valence-corrected chi connectivity index (χ0v) is 4.28. The fourth-order valence-electron chi connectivity index (χ4n) is 0.465. The standard InChI is InChI=1S/C5H4BN2/c7-5-8-4-2-1-3-6-8/h1-4H. The van der Waals surface area contributed by atoms with E-state index >= 15 is 0 Å². The van der Waals surface area contributed by atoms with Gasteiger partial charge in [-0.1, -0.05) is 12.1 Å². The second kappa shape index (κ2) is 2.22. The van der Waals surface area contributed by atoms with Gasteiger partial charge < -0.3 is 4.81 Å². The molecule has 0 aliphatic carbocycles. The minimum Gasteiger partial charge on any atom is -0.331 e. The van der Waals surface area contributed by atoms with Crippen LogP contribution >= 0.6 is 0 Å². The van der Waals surface area contributed by atoms with Crippen LogP contribution in [0, 0.1) is 11.5 Å². The normalized spacial score (nSPS) is 15.1. The van der Waals surface area contributed by atoms with Gasteiger partial charge in [0.2, 0.25) is 0 Å². The molecule has 0 N–H and O–H groups in total. The minimum atomic E-state index is 1.43. The van der Waals surface area contributed by atoms with Crippen molar-refractivity contribution in [1.29, 1.82) is 5.26 Å². The average Bonchev–Trinajstić information content (AvgIpc) is 1.90. The van der Waals surface area contributed by atoms with E-state index in [1.165, 1.54) is 4.81 Å². The van der Waals surface area contributed by atoms with Crippen molar-refractivity contribution in [3.05, 3.63) is 24.3 Å². The van der Waals surface area contributed by atoms with Crippen LogP contribution in [0.1, 0.15) is 0 Å². The lowest BCUT2D eigenvalue weighted by atomic mass is 9.90. The first-order chi connectivity index (χ1) is 3.93. The molecule has 1 heterocycles. The quantitative estimate of drug-likeness (QED) is 0.328. The molecule has 0 unspecified atom stereocenters. The van der Waals surface area contributed by atoms with E-state index in [-0.39, 0.29) is 0 Å². The Kier molecular flexibility index (Phi) is 1.38. The molecule has 0 saturated carbocycles. The summed E-state index contributed by atoms with van der Waals surface area (Å²) < 4.78 is 0. The summed E-state index contributed by atoms with van der Waals surface area (Å²) >= 11 is 0. The molecule has 0 fully saturated rings. The van der Waals surface area contributed by atoms with Gasteiger partial charge in [0.25, 0.3) is 7.41 Å². The molecule has 1 radical (unpaired) electrons. The molecule has 0 spiro atoms. The van der Waals surface area contributed by atoms with Crippen molar-refractivity contribution < 1.29 is 0 Å². The summed E-state index contributed by atoms with van der Waals surface area (Å²) in [5.41, 5.74) is 0. The third-order valence-corrected chi connectivity index (χ3v) is 0.831. The molecular formula is C5H4BN2. The third kappa shape index (κ3) is 0.911. The van der Waals surface area contributed by atoms with Gasteiger partial charge in [-0.25, -0.2) is 0 Å². The average molecular weight is 103 g/mol. The van der Waals surface area contributed by atoms with Crippen LogP contribution in [0.4, 0.5) is 0 Å². The molecule has 2 nitrogen and oxygen atoms in total. The van der Waals surface area contributed by atoms with Crippen molar-refractivity contribution in [2.75, 3.05) is 0 Å². The van der Waals surface area contributed by atoms with Crippen molar-refractivity contribution in [2.24, 2.45) is 0 Å². The van der Waals surface area contributed by atoms with E-state index in [9.17, 15) is 0 Å². The highest BCUT2D eigenvalue weighted by Crippen LogP contribution is 1.91. The number of hydrogen-bond acceptors (Lipinski definition) is 2. The molecule has 1 aliphatic heterocycles. The fourth-order valence-corrected chi connectivity index (χ4v) is 0.465. The highest BCUT2D eigenvalue weighted by Gasteiger charge is 1.96. The van der Waals surface area contributed by atoms with Crippen LogP contribution in [0.2, 0.25) is 0 Å². The SMILES string of the molecule is N#CN1[B]C=CC=C1. The van der Waals surface area contributed by atoms with E-state index in [2.05, 4.69) is 0 Å². The van der Waals surface area contributed by atoms with Crippen molar-refractivity contribution in [3.63, 3.8) is 0 Å². The Labute approximate surface area is 49.0 Å². The van der Waals surface area contributed by atoms with Crippen LogP contribution < -0.4 is 0 Å². The van der Waals surface area contributed by atoms with Gasteiger partial charge >= 0.3 is 0 Å². The van der Waals surface area contributed by atoms with Crippen LogP contribution in [-0.2, 0) is 0 Å². The van der Waals surface area contributed by atoms with Gasteiger partial charge in [0.05, 0.1) is 0 Å². The largest absolute Gasteiger partial charge is 0.331 e. The van der Waals surface area contributed by atoms with Gasteiger partial charge in [-0.15, -0.1) is 0 Å². The number of nitriles is 1. The van der Waals surface area contributed by atoms with Gasteiger partial charge in [-0.3, -0.25) is 0 Å². The predicted octanol–water partition coefficient (Wildman–Crippen LogP) is 0.430. The van der Waals surface area contributed by atoms with E-state index in [4.69, 9.17) is 5.26 Å². The van der Waals surface area contributed by atoms with Gasteiger partial charge in [0, 0.05) is 6.20 Å². The summed E-state index contributed by atoms with van der Waals surface area (Å²) in [5.74, 6) is 1.81. The van der Waals surface area contributed by atoms with Crippen molar-refractivity contribution in [1.82, 2.24) is 4.81 Å². The monoisotopic (exact) mass is 103 g/mol. The lowest BCUT2D eigenvalue weighted by Crippen LogP contribution is -2.14. The van der Waals surface area contributed by atoms with Gasteiger partial charge in [0.1, 0.15) is 0 Å². The summed E-state index contributed by atoms with van der Waals surface area (Å²) in [5, 5.41) is 8.25. The Hall–Kier alpha value is -1.17. The first kappa shape index (κ1) is 4.98. The maximum absolute atomic E-state index is 8.25. The first-order valence-corrected chi connectivity index (χ1v) is 2.30. The smallest absolute Gasteiger partial charge is 0.295 e. The van der Waals surface area contributed by atoms with Crippen LogP contribution in [0.3, 0.4) is 0 Å². The van der Waals surface area contributed by atoms with E-state index < -0.39 is 0 Å². The molecule has 37 valence electrons. The van der Waals surface area contributed by atoms with Crippen LogP contribution in [0.25, 0.3) is 0 Å².